The molecule has 3 saturated heterocycles. The van der Waals surface area contributed by atoms with Crippen molar-refractivity contribution in [1.29, 1.82) is 0 Å². The average molecular weight is 433 g/mol. The highest BCUT2D eigenvalue weighted by Crippen LogP contribution is 2.31. The third-order valence-corrected chi connectivity index (χ3v) is 8.37. The van der Waals surface area contributed by atoms with Crippen molar-refractivity contribution in [3.05, 3.63) is 34.9 Å². The summed E-state index contributed by atoms with van der Waals surface area (Å²) in [6, 6.07) is 4.82. The van der Waals surface area contributed by atoms with Gasteiger partial charge < -0.3 is 10.2 Å². The van der Waals surface area contributed by atoms with Crippen LogP contribution >= 0.6 is 0 Å². The minimum Gasteiger partial charge on any atom is -0.322 e. The van der Waals surface area contributed by atoms with Crippen LogP contribution in [0, 0.1) is 0 Å². The predicted octanol–water partition coefficient (Wildman–Crippen LogP) is -0.982. The largest absolute Gasteiger partial charge is 0.322 e. The topological polar surface area (TPSA) is 116 Å². The van der Waals surface area contributed by atoms with Gasteiger partial charge >= 0.3 is 0 Å². The van der Waals surface area contributed by atoms with Gasteiger partial charge in [-0.2, -0.15) is 0 Å². The van der Waals surface area contributed by atoms with E-state index in [1.54, 1.807) is 11.0 Å². The minimum atomic E-state index is -3.05. The van der Waals surface area contributed by atoms with E-state index >= 15 is 0 Å². The minimum absolute atomic E-state index is 0.0536. The molecule has 4 aliphatic heterocycles. The SMILES string of the molecule is O=C1CCC(N2Cc3c(CN4CCN[C@H]5CS(=O)(=O)C[C@H]54)cccc3C2=O)C(=O)N1. The third kappa shape index (κ3) is 3.32. The van der Waals surface area contributed by atoms with E-state index < -0.39 is 21.8 Å². The van der Waals surface area contributed by atoms with Gasteiger partial charge in [-0.15, -0.1) is 0 Å². The van der Waals surface area contributed by atoms with Crippen LogP contribution in [-0.2, 0) is 32.5 Å². The van der Waals surface area contributed by atoms with E-state index in [2.05, 4.69) is 15.5 Å². The summed E-state index contributed by atoms with van der Waals surface area (Å²) >= 11 is 0. The van der Waals surface area contributed by atoms with Crippen LogP contribution in [0.15, 0.2) is 18.2 Å². The second kappa shape index (κ2) is 7.14. The molecule has 5 rings (SSSR count). The third-order valence-electron chi connectivity index (χ3n) is 6.65. The summed E-state index contributed by atoms with van der Waals surface area (Å²) in [4.78, 5) is 40.5. The van der Waals surface area contributed by atoms with E-state index in [9.17, 15) is 22.8 Å². The average Bonchev–Trinajstić information content (AvgIpc) is 3.19. The molecule has 10 heteroatoms. The molecule has 3 atom stereocenters. The van der Waals surface area contributed by atoms with Crippen molar-refractivity contribution in [2.75, 3.05) is 24.6 Å². The highest BCUT2D eigenvalue weighted by Gasteiger charge is 2.44. The Kier molecular flexibility index (Phi) is 4.68. The highest BCUT2D eigenvalue weighted by molar-refractivity contribution is 7.91. The van der Waals surface area contributed by atoms with E-state index in [0.29, 0.717) is 25.1 Å². The number of sulfone groups is 1. The number of amides is 3. The summed E-state index contributed by atoms with van der Waals surface area (Å²) in [7, 11) is -3.05. The van der Waals surface area contributed by atoms with Gasteiger partial charge in [-0.25, -0.2) is 8.42 Å². The maximum absolute atomic E-state index is 13.0. The lowest BCUT2D eigenvalue weighted by molar-refractivity contribution is -0.136. The van der Waals surface area contributed by atoms with E-state index in [-0.39, 0.29) is 41.8 Å². The van der Waals surface area contributed by atoms with Gasteiger partial charge in [-0.1, -0.05) is 12.1 Å². The quantitative estimate of drug-likeness (QED) is 0.590. The van der Waals surface area contributed by atoms with Crippen LogP contribution in [0.5, 0.6) is 0 Å². The summed E-state index contributed by atoms with van der Waals surface area (Å²) in [5.74, 6) is -0.594. The molecule has 0 aromatic heterocycles. The Morgan fingerprint density at radius 1 is 1.13 bits per heavy atom. The highest BCUT2D eigenvalue weighted by atomic mass is 32.2. The van der Waals surface area contributed by atoms with Crippen LogP contribution in [0.2, 0.25) is 0 Å². The number of carbonyl (C=O) groups is 3. The van der Waals surface area contributed by atoms with Crippen molar-refractivity contribution < 1.29 is 22.8 Å². The van der Waals surface area contributed by atoms with Gasteiger partial charge in [0.1, 0.15) is 6.04 Å². The number of nitrogens with one attached hydrogen (secondary N) is 2. The lowest BCUT2D eigenvalue weighted by Gasteiger charge is -2.37. The summed E-state index contributed by atoms with van der Waals surface area (Å²) in [5.41, 5.74) is 2.46. The molecule has 0 aliphatic carbocycles. The molecule has 4 aliphatic rings. The number of fused-ring (bicyclic) bond motifs is 2. The molecule has 2 N–H and O–H groups in total. The second-order valence-electron chi connectivity index (χ2n) is 8.52. The maximum Gasteiger partial charge on any atom is 0.255 e. The van der Waals surface area contributed by atoms with E-state index in [4.69, 9.17) is 0 Å². The normalized spacial score (nSPS) is 30.9. The number of rotatable bonds is 3. The van der Waals surface area contributed by atoms with Crippen molar-refractivity contribution in [1.82, 2.24) is 20.4 Å². The molecule has 3 fully saturated rings. The zero-order valence-corrected chi connectivity index (χ0v) is 17.3. The molecule has 4 heterocycles. The smallest absolute Gasteiger partial charge is 0.255 e. The van der Waals surface area contributed by atoms with Gasteiger partial charge in [0.15, 0.2) is 9.84 Å². The van der Waals surface area contributed by atoms with Crippen molar-refractivity contribution in [3.8, 4) is 0 Å². The number of imide groups is 1. The van der Waals surface area contributed by atoms with E-state index in [1.165, 1.54) is 0 Å². The fourth-order valence-electron chi connectivity index (χ4n) is 5.16. The fraction of sp³-hybridized carbons (Fsp3) is 0.550. The molecule has 1 aromatic carbocycles. The molecular formula is C20H24N4O5S. The number of piperidine rings is 1. The van der Waals surface area contributed by atoms with E-state index in [1.807, 2.05) is 12.1 Å². The molecule has 0 spiro atoms. The Morgan fingerprint density at radius 3 is 2.77 bits per heavy atom. The van der Waals surface area contributed by atoms with Crippen LogP contribution < -0.4 is 10.6 Å². The molecule has 1 unspecified atom stereocenters. The Bertz CT molecular complexity index is 1040. The van der Waals surface area contributed by atoms with Crippen LogP contribution in [0.3, 0.4) is 0 Å². The van der Waals surface area contributed by atoms with Gasteiger partial charge in [0, 0.05) is 50.2 Å². The van der Waals surface area contributed by atoms with Crippen LogP contribution in [0.4, 0.5) is 0 Å². The molecule has 9 nitrogen and oxygen atoms in total. The zero-order valence-electron chi connectivity index (χ0n) is 16.5. The summed E-state index contributed by atoms with van der Waals surface area (Å²) in [6.07, 6.45) is 0.556. The number of benzene rings is 1. The molecule has 0 bridgehead atoms. The Labute approximate surface area is 174 Å². The van der Waals surface area contributed by atoms with Crippen molar-refractivity contribution in [2.24, 2.45) is 0 Å². The summed E-state index contributed by atoms with van der Waals surface area (Å²) in [5, 5.41) is 5.64. The summed E-state index contributed by atoms with van der Waals surface area (Å²) in [6.45, 7) is 2.37. The number of piperazine rings is 1. The van der Waals surface area contributed by atoms with Crippen LogP contribution in [0.25, 0.3) is 0 Å². The predicted molar refractivity (Wildman–Crippen MR) is 107 cm³/mol. The van der Waals surface area contributed by atoms with Gasteiger partial charge in [0.05, 0.1) is 11.5 Å². The maximum atomic E-state index is 13.0. The number of nitrogens with zero attached hydrogens (tertiary/aromatic N) is 2. The van der Waals surface area contributed by atoms with Gasteiger partial charge in [0.2, 0.25) is 11.8 Å². The fourth-order valence-corrected chi connectivity index (χ4v) is 7.14. The molecular weight excluding hydrogens is 408 g/mol. The number of carbonyl (C=O) groups excluding carboxylic acids is 3. The van der Waals surface area contributed by atoms with Crippen molar-refractivity contribution in [2.45, 2.75) is 44.1 Å². The number of hydrogen-bond donors (Lipinski definition) is 2. The number of hydrogen-bond acceptors (Lipinski definition) is 7. The van der Waals surface area contributed by atoms with Crippen LogP contribution in [0.1, 0.15) is 34.3 Å². The molecule has 3 amide bonds. The lowest BCUT2D eigenvalue weighted by atomic mass is 10.0. The molecule has 0 saturated carbocycles. The second-order valence-corrected chi connectivity index (χ2v) is 10.7. The molecule has 160 valence electrons. The van der Waals surface area contributed by atoms with Gasteiger partial charge in [-0.05, 0) is 23.6 Å². The van der Waals surface area contributed by atoms with Gasteiger partial charge in [0.25, 0.3) is 5.91 Å². The first-order valence-corrected chi connectivity index (χ1v) is 12.1. The Morgan fingerprint density at radius 2 is 1.97 bits per heavy atom. The summed E-state index contributed by atoms with van der Waals surface area (Å²) < 4.78 is 24.2. The first kappa shape index (κ1) is 19.7. The standard InChI is InChI=1S/C20H24N4O5S/c25-18-5-4-16(19(26)22-18)24-9-14-12(2-1-3-13(14)20(24)27)8-23-7-6-21-15-10-30(28,29)11-17(15)23/h1-3,15-17,21H,4-11H2,(H,22,25,26)/t15-,16?,17+/m0/s1. The Balaban J connectivity index is 1.38. The molecule has 1 aromatic rings. The zero-order chi connectivity index (χ0) is 21.0. The first-order chi connectivity index (χ1) is 14.3. The lowest BCUT2D eigenvalue weighted by Crippen LogP contribution is -2.56. The van der Waals surface area contributed by atoms with E-state index in [0.717, 1.165) is 24.2 Å². The van der Waals surface area contributed by atoms with Crippen molar-refractivity contribution in [3.63, 3.8) is 0 Å². The van der Waals surface area contributed by atoms with Crippen molar-refractivity contribution >= 4 is 27.6 Å². The molecule has 0 radical (unpaired) electrons. The monoisotopic (exact) mass is 432 g/mol. The Hall–Kier alpha value is -2.30. The first-order valence-electron chi connectivity index (χ1n) is 10.3. The van der Waals surface area contributed by atoms with Gasteiger partial charge in [-0.3, -0.25) is 24.6 Å². The van der Waals surface area contributed by atoms with Crippen LogP contribution in [-0.4, -0.2) is 78.7 Å². The molecule has 30 heavy (non-hydrogen) atoms.